The largest absolute Gasteiger partial charge is 0.379 e. The van der Waals surface area contributed by atoms with E-state index >= 15 is 0 Å². The molecule has 2 aromatic rings. The number of imidazole rings is 1. The number of aryl methyl sites for hydroxylation is 1. The van der Waals surface area contributed by atoms with Crippen molar-refractivity contribution in [2.75, 3.05) is 39.2 Å². The topological polar surface area (TPSA) is 93.3 Å². The van der Waals surface area contributed by atoms with Crippen molar-refractivity contribution < 1.29 is 17.9 Å². The van der Waals surface area contributed by atoms with Crippen molar-refractivity contribution in [3.63, 3.8) is 0 Å². The lowest BCUT2D eigenvalue weighted by molar-refractivity contribution is 0.0480. The molecule has 0 saturated heterocycles. The molecule has 0 spiro atoms. The summed E-state index contributed by atoms with van der Waals surface area (Å²) in [5.74, 6) is 0.201. The molecule has 7 nitrogen and oxygen atoms in total. The van der Waals surface area contributed by atoms with E-state index in [1.165, 1.54) is 16.7 Å². The van der Waals surface area contributed by atoms with Gasteiger partial charge in [-0.25, -0.2) is 18.1 Å². The Hall–Kier alpha value is -1.74. The summed E-state index contributed by atoms with van der Waals surface area (Å²) in [6.07, 6.45) is 5.53. The van der Waals surface area contributed by atoms with E-state index in [1.54, 1.807) is 6.33 Å². The number of hydrogen-bond donors (Lipinski definition) is 2. The number of sulfonamides is 1. The van der Waals surface area contributed by atoms with E-state index in [4.69, 9.17) is 9.47 Å². The number of nitrogens with zero attached hydrogens (tertiary/aromatic N) is 1. The summed E-state index contributed by atoms with van der Waals surface area (Å²) >= 11 is 0. The van der Waals surface area contributed by atoms with Crippen LogP contribution in [-0.2, 0) is 19.5 Å². The zero-order chi connectivity index (χ0) is 19.7. The number of aromatic amines is 1. The number of nitrogens with one attached hydrogen (secondary N) is 2. The minimum Gasteiger partial charge on any atom is -0.379 e. The summed E-state index contributed by atoms with van der Waals surface area (Å²) in [5, 5.41) is 0. The molecule has 0 aliphatic carbocycles. The summed E-state index contributed by atoms with van der Waals surface area (Å²) in [5.41, 5.74) is 4.93. The fourth-order valence-corrected chi connectivity index (χ4v) is 3.36. The molecular formula is C19H29N3O4S. The highest BCUT2D eigenvalue weighted by Gasteiger charge is 2.18. The SMILES string of the molecule is Cc1cccc(C(CCOCCOCCNS(C)(=O)=O)c2cnc[nH]2)c1C. The highest BCUT2D eigenvalue weighted by molar-refractivity contribution is 7.88. The van der Waals surface area contributed by atoms with Gasteiger partial charge in [-0.15, -0.1) is 0 Å². The van der Waals surface area contributed by atoms with E-state index in [2.05, 4.69) is 46.7 Å². The van der Waals surface area contributed by atoms with Crippen LogP contribution in [0.15, 0.2) is 30.7 Å². The van der Waals surface area contributed by atoms with Crippen LogP contribution in [0.2, 0.25) is 0 Å². The minimum atomic E-state index is -3.16. The predicted octanol–water partition coefficient (Wildman–Crippen LogP) is 2.13. The fraction of sp³-hybridized carbons (Fsp3) is 0.526. The van der Waals surface area contributed by atoms with Crippen LogP contribution in [0.4, 0.5) is 0 Å². The van der Waals surface area contributed by atoms with Gasteiger partial charge < -0.3 is 14.5 Å². The summed E-state index contributed by atoms with van der Waals surface area (Å²) in [7, 11) is -3.16. The molecule has 0 fully saturated rings. The van der Waals surface area contributed by atoms with Gasteiger partial charge in [0.2, 0.25) is 10.0 Å². The average molecular weight is 396 g/mol. The maximum absolute atomic E-state index is 10.9. The minimum absolute atomic E-state index is 0.201. The van der Waals surface area contributed by atoms with Crippen molar-refractivity contribution in [2.24, 2.45) is 0 Å². The van der Waals surface area contributed by atoms with Gasteiger partial charge in [0, 0.05) is 31.0 Å². The fourth-order valence-electron chi connectivity index (χ4n) is 2.91. The molecule has 0 radical (unpaired) electrons. The second-order valence-electron chi connectivity index (χ2n) is 6.53. The molecule has 0 bridgehead atoms. The lowest BCUT2D eigenvalue weighted by Crippen LogP contribution is -2.26. The Morgan fingerprint density at radius 3 is 2.56 bits per heavy atom. The number of H-pyrrole nitrogens is 1. The van der Waals surface area contributed by atoms with Gasteiger partial charge in [0.05, 0.1) is 32.4 Å². The zero-order valence-electron chi connectivity index (χ0n) is 16.2. The quantitative estimate of drug-likeness (QED) is 0.537. The van der Waals surface area contributed by atoms with Gasteiger partial charge in [0.15, 0.2) is 0 Å². The van der Waals surface area contributed by atoms with Crippen LogP contribution >= 0.6 is 0 Å². The van der Waals surface area contributed by atoms with Gasteiger partial charge in [-0.3, -0.25) is 0 Å². The van der Waals surface area contributed by atoms with Crippen LogP contribution in [0.25, 0.3) is 0 Å². The van der Waals surface area contributed by atoms with Crippen molar-refractivity contribution >= 4 is 10.0 Å². The third-order valence-electron chi connectivity index (χ3n) is 4.45. The maximum atomic E-state index is 10.9. The van der Waals surface area contributed by atoms with Crippen LogP contribution in [0.5, 0.6) is 0 Å². The molecule has 0 aliphatic rings. The smallest absolute Gasteiger partial charge is 0.208 e. The molecule has 150 valence electrons. The second-order valence-corrected chi connectivity index (χ2v) is 8.36. The van der Waals surface area contributed by atoms with Crippen molar-refractivity contribution in [1.82, 2.24) is 14.7 Å². The van der Waals surface area contributed by atoms with Gasteiger partial charge in [0.1, 0.15) is 0 Å². The van der Waals surface area contributed by atoms with Crippen LogP contribution in [0, 0.1) is 13.8 Å². The molecule has 0 amide bonds. The first kappa shape index (κ1) is 21.6. The van der Waals surface area contributed by atoms with Crippen molar-refractivity contribution in [2.45, 2.75) is 26.2 Å². The highest BCUT2D eigenvalue weighted by Crippen LogP contribution is 2.30. The molecule has 0 saturated carbocycles. The first-order valence-corrected chi connectivity index (χ1v) is 10.9. The first-order valence-electron chi connectivity index (χ1n) is 9.03. The van der Waals surface area contributed by atoms with E-state index in [9.17, 15) is 8.42 Å². The molecular weight excluding hydrogens is 366 g/mol. The Morgan fingerprint density at radius 1 is 1.15 bits per heavy atom. The van der Waals surface area contributed by atoms with Crippen LogP contribution < -0.4 is 4.72 Å². The Kier molecular flexibility index (Phi) is 8.43. The van der Waals surface area contributed by atoms with Crippen molar-refractivity contribution in [1.29, 1.82) is 0 Å². The Bertz CT molecular complexity index is 791. The number of aromatic nitrogens is 2. The number of rotatable bonds is 12. The Labute approximate surface area is 161 Å². The molecule has 8 heteroatoms. The molecule has 2 rings (SSSR count). The third-order valence-corrected chi connectivity index (χ3v) is 5.18. The first-order chi connectivity index (χ1) is 12.9. The lowest BCUT2D eigenvalue weighted by Gasteiger charge is -2.19. The van der Waals surface area contributed by atoms with Gasteiger partial charge in [-0.2, -0.15) is 0 Å². The van der Waals surface area contributed by atoms with Gasteiger partial charge >= 0.3 is 0 Å². The monoisotopic (exact) mass is 395 g/mol. The highest BCUT2D eigenvalue weighted by atomic mass is 32.2. The number of ether oxygens (including phenoxy) is 2. The van der Waals surface area contributed by atoms with E-state index in [0.29, 0.717) is 26.4 Å². The number of benzene rings is 1. The maximum Gasteiger partial charge on any atom is 0.208 e. The number of hydrogen-bond acceptors (Lipinski definition) is 5. The molecule has 1 atom stereocenters. The van der Waals surface area contributed by atoms with Crippen LogP contribution in [0.3, 0.4) is 0 Å². The van der Waals surface area contributed by atoms with E-state index in [1.807, 2.05) is 6.20 Å². The molecule has 2 N–H and O–H groups in total. The zero-order valence-corrected chi connectivity index (χ0v) is 17.0. The summed E-state index contributed by atoms with van der Waals surface area (Å²) < 4.78 is 35.3. The molecule has 27 heavy (non-hydrogen) atoms. The van der Waals surface area contributed by atoms with Crippen LogP contribution in [0.1, 0.15) is 34.7 Å². The second kappa shape index (κ2) is 10.6. The normalized spacial score (nSPS) is 13.0. The van der Waals surface area contributed by atoms with E-state index in [0.717, 1.165) is 18.4 Å². The van der Waals surface area contributed by atoms with E-state index in [-0.39, 0.29) is 12.5 Å². The van der Waals surface area contributed by atoms with E-state index < -0.39 is 10.0 Å². The third kappa shape index (κ3) is 7.42. The molecule has 1 aromatic heterocycles. The van der Waals surface area contributed by atoms with Crippen molar-refractivity contribution in [3.05, 3.63) is 53.1 Å². The predicted molar refractivity (Wildman–Crippen MR) is 105 cm³/mol. The van der Waals surface area contributed by atoms with Gasteiger partial charge in [0.25, 0.3) is 0 Å². The van der Waals surface area contributed by atoms with Gasteiger partial charge in [-0.1, -0.05) is 18.2 Å². The lowest BCUT2D eigenvalue weighted by atomic mass is 9.88. The van der Waals surface area contributed by atoms with Gasteiger partial charge in [-0.05, 0) is 37.0 Å². The average Bonchev–Trinajstić information content (AvgIpc) is 3.13. The molecule has 0 aliphatic heterocycles. The van der Waals surface area contributed by atoms with Crippen LogP contribution in [-0.4, -0.2) is 57.6 Å². The Balaban J connectivity index is 1.77. The summed E-state index contributed by atoms with van der Waals surface area (Å²) in [6, 6.07) is 6.36. The molecule has 1 aromatic carbocycles. The molecule has 1 unspecified atom stereocenters. The Morgan fingerprint density at radius 2 is 1.89 bits per heavy atom. The molecule has 1 heterocycles. The standard InChI is InChI=1S/C19H29N3O4S/c1-15-5-4-6-17(16(15)2)18(19-13-20-14-21-19)7-9-25-11-12-26-10-8-22-27(3,23)24/h4-6,13-14,18,22H,7-12H2,1-3H3,(H,20,21). The summed E-state index contributed by atoms with van der Waals surface area (Å²) in [6.45, 7) is 6.37. The summed E-state index contributed by atoms with van der Waals surface area (Å²) in [4.78, 5) is 7.38. The van der Waals surface area contributed by atoms with Crippen molar-refractivity contribution in [3.8, 4) is 0 Å².